The lowest BCUT2D eigenvalue weighted by Gasteiger charge is -2.13. The Labute approximate surface area is 134 Å². The molecule has 2 N–H and O–H groups in total. The predicted octanol–water partition coefficient (Wildman–Crippen LogP) is 1.72. The van der Waals surface area contributed by atoms with Crippen molar-refractivity contribution in [3.05, 3.63) is 41.7 Å². The molecular formula is C13H12F3N3O4S. The molecule has 0 fully saturated rings. The van der Waals surface area contributed by atoms with E-state index in [1.165, 1.54) is 6.92 Å². The zero-order valence-electron chi connectivity index (χ0n) is 12.2. The molecule has 1 heterocycles. The molecule has 0 aliphatic carbocycles. The summed E-state index contributed by atoms with van der Waals surface area (Å²) in [7, 11) is -3.98. The second kappa shape index (κ2) is 6.24. The molecule has 0 bridgehead atoms. The van der Waals surface area contributed by atoms with Crippen LogP contribution in [0.3, 0.4) is 0 Å². The van der Waals surface area contributed by atoms with E-state index in [2.05, 4.69) is 9.94 Å². The van der Waals surface area contributed by atoms with Gasteiger partial charge in [-0.25, -0.2) is 17.9 Å². The number of alkyl halides is 3. The summed E-state index contributed by atoms with van der Waals surface area (Å²) in [5.41, 5.74) is -1.31. The molecule has 130 valence electrons. The van der Waals surface area contributed by atoms with Crippen LogP contribution in [0.4, 0.5) is 13.2 Å². The highest BCUT2D eigenvalue weighted by atomic mass is 32.2. The largest absolute Gasteiger partial charge is 0.416 e. The minimum Gasteiger partial charge on any atom is -0.370 e. The summed E-state index contributed by atoms with van der Waals surface area (Å²) in [6, 6.07) is 2.24. The van der Waals surface area contributed by atoms with E-state index in [0.717, 1.165) is 29.2 Å². The van der Waals surface area contributed by atoms with Gasteiger partial charge in [0, 0.05) is 6.20 Å². The summed E-state index contributed by atoms with van der Waals surface area (Å²) in [5.74, 6) is 3.41. The summed E-state index contributed by atoms with van der Waals surface area (Å²) >= 11 is 0. The summed E-state index contributed by atoms with van der Waals surface area (Å²) < 4.78 is 63.8. The number of sulfone groups is 1. The normalized spacial score (nSPS) is 12.2. The van der Waals surface area contributed by atoms with Gasteiger partial charge in [-0.05, 0) is 18.2 Å². The molecule has 0 atom stereocenters. The van der Waals surface area contributed by atoms with Crippen molar-refractivity contribution in [3.8, 4) is 5.69 Å². The van der Waals surface area contributed by atoms with Gasteiger partial charge in [0.25, 0.3) is 0 Å². The van der Waals surface area contributed by atoms with Crippen molar-refractivity contribution in [2.24, 2.45) is 5.90 Å². The van der Waals surface area contributed by atoms with Crippen molar-refractivity contribution in [1.29, 1.82) is 0 Å². The van der Waals surface area contributed by atoms with E-state index in [9.17, 15) is 26.4 Å². The average Bonchev–Trinajstić information content (AvgIpc) is 3.02. The second-order valence-corrected chi connectivity index (χ2v) is 6.91. The summed E-state index contributed by atoms with van der Waals surface area (Å²) in [4.78, 5) is 14.8. The van der Waals surface area contributed by atoms with Crippen molar-refractivity contribution in [2.45, 2.75) is 18.0 Å². The van der Waals surface area contributed by atoms with Gasteiger partial charge in [-0.3, -0.25) is 0 Å². The minimum absolute atomic E-state index is 0.0859. The number of nitrogens with zero attached hydrogens (tertiary/aromatic N) is 2. The first-order valence-corrected chi connectivity index (χ1v) is 8.15. The van der Waals surface area contributed by atoms with Gasteiger partial charge < -0.3 is 4.84 Å². The maximum atomic E-state index is 12.9. The molecule has 1 aromatic heterocycles. The predicted molar refractivity (Wildman–Crippen MR) is 75.9 cm³/mol. The SMILES string of the molecule is CCS(=O)(=O)c1cc(C(F)(F)F)ccc1-n1cc(C(=O)ON)cn1. The number of halogens is 3. The number of hydrogen-bond donors (Lipinski definition) is 1. The molecule has 1 aromatic carbocycles. The van der Waals surface area contributed by atoms with Crippen molar-refractivity contribution in [3.63, 3.8) is 0 Å². The zero-order chi connectivity index (χ0) is 18.1. The molecule has 11 heteroatoms. The lowest BCUT2D eigenvalue weighted by molar-refractivity contribution is -0.137. The Morgan fingerprint density at radius 2 is 2.04 bits per heavy atom. The maximum absolute atomic E-state index is 12.9. The molecule has 0 aliphatic heterocycles. The Bertz CT molecular complexity index is 875. The number of hydrogen-bond acceptors (Lipinski definition) is 6. The van der Waals surface area contributed by atoms with Crippen LogP contribution in [-0.2, 0) is 20.9 Å². The first-order chi connectivity index (χ1) is 11.1. The Morgan fingerprint density at radius 1 is 1.38 bits per heavy atom. The molecule has 0 saturated carbocycles. The van der Waals surface area contributed by atoms with Crippen molar-refractivity contribution >= 4 is 15.8 Å². The van der Waals surface area contributed by atoms with Crippen molar-refractivity contribution < 1.29 is 31.2 Å². The van der Waals surface area contributed by atoms with Crippen LogP contribution in [0, 0.1) is 0 Å². The van der Waals surface area contributed by atoms with E-state index in [1.807, 2.05) is 0 Å². The Kier molecular flexibility index (Phi) is 4.67. The molecule has 0 spiro atoms. The molecule has 2 aromatic rings. The van der Waals surface area contributed by atoms with E-state index >= 15 is 0 Å². The quantitative estimate of drug-likeness (QED) is 0.830. The monoisotopic (exact) mass is 363 g/mol. The van der Waals surface area contributed by atoms with E-state index < -0.39 is 38.2 Å². The van der Waals surface area contributed by atoms with Crippen LogP contribution in [0.1, 0.15) is 22.8 Å². The Morgan fingerprint density at radius 3 is 2.58 bits per heavy atom. The maximum Gasteiger partial charge on any atom is 0.416 e. The molecule has 7 nitrogen and oxygen atoms in total. The second-order valence-electron chi connectivity index (χ2n) is 4.66. The van der Waals surface area contributed by atoms with Gasteiger partial charge in [-0.1, -0.05) is 6.92 Å². The third-order valence-electron chi connectivity index (χ3n) is 3.17. The van der Waals surface area contributed by atoms with Gasteiger partial charge in [0.05, 0.1) is 33.7 Å². The topological polar surface area (TPSA) is 104 Å². The number of rotatable bonds is 4. The van der Waals surface area contributed by atoms with Gasteiger partial charge in [0.15, 0.2) is 9.84 Å². The number of aromatic nitrogens is 2. The third-order valence-corrected chi connectivity index (χ3v) is 4.93. The van der Waals surface area contributed by atoms with Crippen LogP contribution in [0.15, 0.2) is 35.5 Å². The van der Waals surface area contributed by atoms with Crippen LogP contribution < -0.4 is 5.90 Å². The van der Waals surface area contributed by atoms with E-state index in [4.69, 9.17) is 5.90 Å². The van der Waals surface area contributed by atoms with Crippen molar-refractivity contribution in [2.75, 3.05) is 5.75 Å². The number of nitrogens with two attached hydrogens (primary N) is 1. The van der Waals surface area contributed by atoms with Crippen LogP contribution in [0.5, 0.6) is 0 Å². The fourth-order valence-electron chi connectivity index (χ4n) is 1.91. The smallest absolute Gasteiger partial charge is 0.370 e. The molecular weight excluding hydrogens is 351 g/mol. The van der Waals surface area contributed by atoms with Gasteiger partial charge in [0.2, 0.25) is 0 Å². The summed E-state index contributed by atoms with van der Waals surface area (Å²) in [6.07, 6.45) is -2.54. The Hall–Kier alpha value is -2.40. The third kappa shape index (κ3) is 3.41. The van der Waals surface area contributed by atoms with E-state index in [1.54, 1.807) is 0 Å². The summed E-state index contributed by atoms with van der Waals surface area (Å²) in [5, 5.41) is 3.77. The molecule has 0 saturated heterocycles. The first-order valence-electron chi connectivity index (χ1n) is 6.50. The number of benzene rings is 1. The van der Waals surface area contributed by atoms with Gasteiger partial charge in [-0.15, -0.1) is 0 Å². The lowest BCUT2D eigenvalue weighted by Crippen LogP contribution is -2.13. The average molecular weight is 363 g/mol. The van der Waals surface area contributed by atoms with Gasteiger partial charge >= 0.3 is 12.1 Å². The highest BCUT2D eigenvalue weighted by Gasteiger charge is 2.33. The minimum atomic E-state index is -4.70. The van der Waals surface area contributed by atoms with Crippen LogP contribution in [-0.4, -0.2) is 29.9 Å². The Balaban J connectivity index is 2.66. The molecule has 24 heavy (non-hydrogen) atoms. The molecule has 0 amide bonds. The van der Waals surface area contributed by atoms with E-state index in [-0.39, 0.29) is 11.3 Å². The zero-order valence-corrected chi connectivity index (χ0v) is 13.1. The highest BCUT2D eigenvalue weighted by Crippen LogP contribution is 2.33. The number of carbonyl (C=O) groups excluding carboxylic acids is 1. The van der Waals surface area contributed by atoms with E-state index in [0.29, 0.717) is 6.07 Å². The first kappa shape index (κ1) is 17.9. The molecule has 0 aliphatic rings. The standard InChI is InChI=1S/C13H12F3N3O4S/c1-2-24(21,22)11-5-9(13(14,15)16)3-4-10(11)19-7-8(6-18-19)12(20)23-17/h3-7H,2,17H2,1H3. The van der Waals surface area contributed by atoms with Crippen molar-refractivity contribution in [1.82, 2.24) is 9.78 Å². The van der Waals surface area contributed by atoms with Crippen LogP contribution in [0.2, 0.25) is 0 Å². The summed E-state index contributed by atoms with van der Waals surface area (Å²) in [6.45, 7) is 1.31. The highest BCUT2D eigenvalue weighted by molar-refractivity contribution is 7.91. The van der Waals surface area contributed by atoms with Crippen LogP contribution in [0.25, 0.3) is 5.69 Å². The van der Waals surface area contributed by atoms with Gasteiger partial charge in [-0.2, -0.15) is 24.2 Å². The van der Waals surface area contributed by atoms with Crippen LogP contribution >= 0.6 is 0 Å². The molecule has 0 unspecified atom stereocenters. The molecule has 0 radical (unpaired) electrons. The number of carbonyl (C=O) groups is 1. The fraction of sp³-hybridized carbons (Fsp3) is 0.231. The fourth-order valence-corrected chi connectivity index (χ4v) is 3.01. The van der Waals surface area contributed by atoms with Gasteiger partial charge in [0.1, 0.15) is 0 Å². The lowest BCUT2D eigenvalue weighted by atomic mass is 10.2. The molecule has 2 rings (SSSR count).